The van der Waals surface area contributed by atoms with Crippen molar-refractivity contribution in [3.8, 4) is 5.75 Å². The van der Waals surface area contributed by atoms with Crippen molar-refractivity contribution in [2.45, 2.75) is 13.8 Å². The third-order valence-electron chi connectivity index (χ3n) is 1.68. The maximum atomic E-state index is 5.19. The highest BCUT2D eigenvalue weighted by atomic mass is 16.5. The molecular weight excluding hydrogens is 150 g/mol. The molecule has 64 valence electrons. The van der Waals surface area contributed by atoms with Gasteiger partial charge in [0.25, 0.3) is 0 Å². The van der Waals surface area contributed by atoms with Crippen LogP contribution in [0.1, 0.15) is 18.2 Å². The predicted molar refractivity (Wildman–Crippen MR) is 50.2 cm³/mol. The van der Waals surface area contributed by atoms with Gasteiger partial charge >= 0.3 is 0 Å². The SMILES string of the molecule is C=C(C)c1cnc(C)cc1OC. The molecule has 1 aromatic heterocycles. The van der Waals surface area contributed by atoms with Gasteiger partial charge in [-0.15, -0.1) is 0 Å². The van der Waals surface area contributed by atoms with Crippen molar-refractivity contribution < 1.29 is 4.74 Å². The Morgan fingerprint density at radius 1 is 1.58 bits per heavy atom. The largest absolute Gasteiger partial charge is 0.496 e. The molecule has 0 aliphatic carbocycles. The molecule has 2 heteroatoms. The molecule has 1 aromatic rings. The van der Waals surface area contributed by atoms with Gasteiger partial charge in [-0.1, -0.05) is 6.58 Å². The summed E-state index contributed by atoms with van der Waals surface area (Å²) in [7, 11) is 1.65. The van der Waals surface area contributed by atoms with Crippen LogP contribution in [0.15, 0.2) is 18.8 Å². The molecule has 0 saturated carbocycles. The van der Waals surface area contributed by atoms with Crippen LogP contribution in [-0.2, 0) is 0 Å². The standard InChI is InChI=1S/C10H13NO/c1-7(2)9-6-11-8(3)5-10(9)12-4/h5-6H,1H2,2-4H3. The van der Waals surface area contributed by atoms with Crippen molar-refractivity contribution in [3.05, 3.63) is 30.1 Å². The van der Waals surface area contributed by atoms with Gasteiger partial charge in [-0.25, -0.2) is 0 Å². The van der Waals surface area contributed by atoms with Gasteiger partial charge in [-0.2, -0.15) is 0 Å². The van der Waals surface area contributed by atoms with Crippen LogP contribution in [0.25, 0.3) is 5.57 Å². The third-order valence-corrected chi connectivity index (χ3v) is 1.68. The Labute approximate surface area is 72.9 Å². The van der Waals surface area contributed by atoms with Crippen molar-refractivity contribution in [2.75, 3.05) is 7.11 Å². The van der Waals surface area contributed by atoms with Crippen LogP contribution >= 0.6 is 0 Å². The lowest BCUT2D eigenvalue weighted by molar-refractivity contribution is 0.412. The first-order valence-corrected chi connectivity index (χ1v) is 3.81. The molecule has 0 amide bonds. The summed E-state index contributed by atoms with van der Waals surface area (Å²) >= 11 is 0. The topological polar surface area (TPSA) is 22.1 Å². The lowest BCUT2D eigenvalue weighted by atomic mass is 10.1. The Kier molecular flexibility index (Phi) is 2.48. The minimum absolute atomic E-state index is 0.843. The summed E-state index contributed by atoms with van der Waals surface area (Å²) in [5.74, 6) is 0.843. The van der Waals surface area contributed by atoms with E-state index in [1.54, 1.807) is 13.3 Å². The summed E-state index contributed by atoms with van der Waals surface area (Å²) in [5, 5.41) is 0. The number of ether oxygens (including phenoxy) is 1. The van der Waals surface area contributed by atoms with Gasteiger partial charge in [0.15, 0.2) is 0 Å². The van der Waals surface area contributed by atoms with E-state index in [-0.39, 0.29) is 0 Å². The molecule has 0 aliphatic heterocycles. The fraction of sp³-hybridized carbons (Fsp3) is 0.300. The first kappa shape index (κ1) is 8.78. The molecule has 0 radical (unpaired) electrons. The van der Waals surface area contributed by atoms with Gasteiger partial charge in [0.2, 0.25) is 0 Å². The fourth-order valence-electron chi connectivity index (χ4n) is 1.02. The number of pyridine rings is 1. The van der Waals surface area contributed by atoms with Crippen molar-refractivity contribution >= 4 is 5.57 Å². The Bertz CT molecular complexity index is 305. The number of allylic oxidation sites excluding steroid dienone is 1. The van der Waals surface area contributed by atoms with Crippen LogP contribution in [0.2, 0.25) is 0 Å². The fourth-order valence-corrected chi connectivity index (χ4v) is 1.02. The highest BCUT2D eigenvalue weighted by Crippen LogP contribution is 2.23. The summed E-state index contributed by atoms with van der Waals surface area (Å²) < 4.78 is 5.19. The number of aryl methyl sites for hydroxylation is 1. The van der Waals surface area contributed by atoms with Gasteiger partial charge in [0.05, 0.1) is 7.11 Å². The zero-order chi connectivity index (χ0) is 9.14. The molecule has 0 atom stereocenters. The van der Waals surface area contributed by atoms with E-state index in [0.29, 0.717) is 0 Å². The molecule has 1 heterocycles. The smallest absolute Gasteiger partial charge is 0.129 e. The van der Waals surface area contributed by atoms with Gasteiger partial charge < -0.3 is 4.74 Å². The summed E-state index contributed by atoms with van der Waals surface area (Å²) in [6, 6.07) is 1.91. The average Bonchev–Trinajstić information content (AvgIpc) is 2.03. The lowest BCUT2D eigenvalue weighted by Gasteiger charge is -2.07. The van der Waals surface area contributed by atoms with Crippen LogP contribution in [0.4, 0.5) is 0 Å². The second-order valence-corrected chi connectivity index (χ2v) is 2.81. The number of aromatic nitrogens is 1. The molecule has 0 unspecified atom stereocenters. The number of nitrogens with zero attached hydrogens (tertiary/aromatic N) is 1. The maximum absolute atomic E-state index is 5.19. The van der Waals surface area contributed by atoms with Gasteiger partial charge in [-0.05, 0) is 19.4 Å². The van der Waals surface area contributed by atoms with Crippen LogP contribution in [0, 0.1) is 6.92 Å². The quantitative estimate of drug-likeness (QED) is 0.668. The molecule has 0 aromatic carbocycles. The van der Waals surface area contributed by atoms with Gasteiger partial charge in [0.1, 0.15) is 5.75 Å². The molecule has 1 rings (SSSR count). The summed E-state index contributed by atoms with van der Waals surface area (Å²) in [6.45, 7) is 7.72. The highest BCUT2D eigenvalue weighted by molar-refractivity contribution is 5.66. The van der Waals surface area contributed by atoms with Crippen molar-refractivity contribution in [3.63, 3.8) is 0 Å². The minimum Gasteiger partial charge on any atom is -0.496 e. The van der Waals surface area contributed by atoms with E-state index in [0.717, 1.165) is 22.6 Å². The molecule has 0 saturated heterocycles. The number of rotatable bonds is 2. The van der Waals surface area contributed by atoms with E-state index in [4.69, 9.17) is 4.74 Å². The second-order valence-electron chi connectivity index (χ2n) is 2.81. The predicted octanol–water partition coefficient (Wildman–Crippen LogP) is 2.43. The Hall–Kier alpha value is -1.31. The third kappa shape index (κ3) is 1.64. The zero-order valence-corrected chi connectivity index (χ0v) is 7.72. The molecule has 12 heavy (non-hydrogen) atoms. The molecule has 0 N–H and O–H groups in total. The molecule has 2 nitrogen and oxygen atoms in total. The van der Waals surface area contributed by atoms with E-state index in [1.807, 2.05) is 19.9 Å². The summed E-state index contributed by atoms with van der Waals surface area (Å²) in [4.78, 5) is 4.17. The summed E-state index contributed by atoms with van der Waals surface area (Å²) in [5.41, 5.74) is 2.90. The van der Waals surface area contributed by atoms with E-state index in [2.05, 4.69) is 11.6 Å². The maximum Gasteiger partial charge on any atom is 0.129 e. The first-order valence-electron chi connectivity index (χ1n) is 3.81. The zero-order valence-electron chi connectivity index (χ0n) is 7.72. The normalized spacial score (nSPS) is 9.58. The van der Waals surface area contributed by atoms with E-state index < -0.39 is 0 Å². The lowest BCUT2D eigenvalue weighted by Crippen LogP contribution is -1.92. The summed E-state index contributed by atoms with van der Waals surface area (Å²) in [6.07, 6.45) is 1.79. The minimum atomic E-state index is 0.843. The van der Waals surface area contributed by atoms with E-state index >= 15 is 0 Å². The molecule has 0 aliphatic rings. The first-order chi connectivity index (χ1) is 5.65. The van der Waals surface area contributed by atoms with Crippen molar-refractivity contribution in [1.82, 2.24) is 4.98 Å². The van der Waals surface area contributed by atoms with Crippen LogP contribution in [-0.4, -0.2) is 12.1 Å². The van der Waals surface area contributed by atoms with Gasteiger partial charge in [0, 0.05) is 23.5 Å². The molecular formula is C10H13NO. The monoisotopic (exact) mass is 163 g/mol. The number of methoxy groups -OCH3 is 1. The Morgan fingerprint density at radius 2 is 2.25 bits per heavy atom. The van der Waals surface area contributed by atoms with E-state index in [1.165, 1.54) is 0 Å². The van der Waals surface area contributed by atoms with E-state index in [9.17, 15) is 0 Å². The highest BCUT2D eigenvalue weighted by Gasteiger charge is 2.03. The van der Waals surface area contributed by atoms with Crippen molar-refractivity contribution in [2.24, 2.45) is 0 Å². The Balaban J connectivity index is 3.20. The Morgan fingerprint density at radius 3 is 2.75 bits per heavy atom. The van der Waals surface area contributed by atoms with Crippen LogP contribution < -0.4 is 4.74 Å². The average molecular weight is 163 g/mol. The number of hydrogen-bond acceptors (Lipinski definition) is 2. The molecule has 0 fully saturated rings. The number of hydrogen-bond donors (Lipinski definition) is 0. The van der Waals surface area contributed by atoms with Crippen molar-refractivity contribution in [1.29, 1.82) is 0 Å². The van der Waals surface area contributed by atoms with Crippen LogP contribution in [0.3, 0.4) is 0 Å². The molecule has 0 spiro atoms. The second kappa shape index (κ2) is 3.39. The van der Waals surface area contributed by atoms with Crippen LogP contribution in [0.5, 0.6) is 5.75 Å². The van der Waals surface area contributed by atoms with Gasteiger partial charge in [-0.3, -0.25) is 4.98 Å². The molecule has 0 bridgehead atoms.